The Morgan fingerprint density at radius 3 is 2.89 bits per heavy atom. The second kappa shape index (κ2) is 6.16. The van der Waals surface area contributed by atoms with Crippen molar-refractivity contribution in [2.24, 2.45) is 0 Å². The molecule has 4 nitrogen and oxygen atoms in total. The van der Waals surface area contributed by atoms with Gasteiger partial charge in [-0.2, -0.15) is 0 Å². The molecule has 0 saturated carbocycles. The fourth-order valence-electron chi connectivity index (χ4n) is 1.77. The number of halogens is 1. The molecule has 100 valence electrons. The van der Waals surface area contributed by atoms with E-state index in [0.717, 1.165) is 15.7 Å². The fraction of sp³-hybridized carbons (Fsp3) is 0.231. The first kappa shape index (κ1) is 14.0. The SMILES string of the molecule is COc1ccc(Br)cc1CC(=O)Cc1csc(N)n1. The number of hydrogen-bond donors (Lipinski definition) is 1. The van der Waals surface area contributed by atoms with Crippen LogP contribution in [0.1, 0.15) is 11.3 Å². The van der Waals surface area contributed by atoms with Crippen LogP contribution >= 0.6 is 27.3 Å². The Kier molecular flexibility index (Phi) is 4.55. The molecule has 0 aliphatic carbocycles. The summed E-state index contributed by atoms with van der Waals surface area (Å²) in [6, 6.07) is 5.62. The Morgan fingerprint density at radius 1 is 1.47 bits per heavy atom. The topological polar surface area (TPSA) is 65.2 Å². The highest BCUT2D eigenvalue weighted by Gasteiger charge is 2.11. The molecular weight excluding hydrogens is 328 g/mol. The third kappa shape index (κ3) is 3.78. The minimum atomic E-state index is 0.0849. The van der Waals surface area contributed by atoms with Crippen LogP contribution in [0.15, 0.2) is 28.1 Å². The summed E-state index contributed by atoms with van der Waals surface area (Å²) in [7, 11) is 1.60. The van der Waals surface area contributed by atoms with Crippen molar-refractivity contribution >= 4 is 38.2 Å². The third-order valence-electron chi connectivity index (χ3n) is 2.58. The van der Waals surface area contributed by atoms with Crippen molar-refractivity contribution in [2.45, 2.75) is 12.8 Å². The van der Waals surface area contributed by atoms with E-state index in [9.17, 15) is 4.79 Å². The Balaban J connectivity index is 2.08. The number of ketones is 1. The molecule has 0 bridgehead atoms. The zero-order chi connectivity index (χ0) is 13.8. The van der Waals surface area contributed by atoms with Gasteiger partial charge in [0.25, 0.3) is 0 Å². The molecule has 0 fully saturated rings. The summed E-state index contributed by atoms with van der Waals surface area (Å²) in [4.78, 5) is 16.1. The molecule has 0 radical (unpaired) electrons. The molecule has 0 amide bonds. The van der Waals surface area contributed by atoms with Gasteiger partial charge in [0.05, 0.1) is 12.8 Å². The Hall–Kier alpha value is -1.40. The van der Waals surface area contributed by atoms with Gasteiger partial charge in [-0.05, 0) is 18.2 Å². The van der Waals surface area contributed by atoms with Crippen molar-refractivity contribution in [1.29, 1.82) is 0 Å². The molecule has 2 rings (SSSR count). The number of rotatable bonds is 5. The predicted octanol–water partition coefficient (Wildman–Crippen LogP) is 2.85. The molecule has 0 atom stereocenters. The first-order valence-electron chi connectivity index (χ1n) is 5.62. The lowest BCUT2D eigenvalue weighted by atomic mass is 10.1. The second-order valence-corrected chi connectivity index (χ2v) is 5.83. The third-order valence-corrected chi connectivity index (χ3v) is 3.79. The normalized spacial score (nSPS) is 10.4. The number of thiazole rings is 1. The monoisotopic (exact) mass is 340 g/mol. The van der Waals surface area contributed by atoms with Crippen molar-refractivity contribution in [3.8, 4) is 5.75 Å². The van der Waals surface area contributed by atoms with Gasteiger partial charge in [0.15, 0.2) is 5.13 Å². The highest BCUT2D eigenvalue weighted by molar-refractivity contribution is 9.10. The van der Waals surface area contributed by atoms with Gasteiger partial charge < -0.3 is 10.5 Å². The molecule has 2 N–H and O–H groups in total. The van der Waals surface area contributed by atoms with Crippen molar-refractivity contribution in [3.63, 3.8) is 0 Å². The van der Waals surface area contributed by atoms with Crippen molar-refractivity contribution in [1.82, 2.24) is 4.98 Å². The molecule has 0 unspecified atom stereocenters. The van der Waals surface area contributed by atoms with Crippen molar-refractivity contribution in [3.05, 3.63) is 39.3 Å². The van der Waals surface area contributed by atoms with Crippen LogP contribution in [0.25, 0.3) is 0 Å². The number of nitrogens with zero attached hydrogens (tertiary/aromatic N) is 1. The number of aromatic nitrogens is 1. The van der Waals surface area contributed by atoms with Crippen LogP contribution in [0.3, 0.4) is 0 Å². The average Bonchev–Trinajstić information content (AvgIpc) is 2.75. The predicted molar refractivity (Wildman–Crippen MR) is 79.6 cm³/mol. The molecule has 0 aliphatic rings. The average molecular weight is 341 g/mol. The first-order chi connectivity index (χ1) is 9.08. The van der Waals surface area contributed by atoms with Gasteiger partial charge in [-0.15, -0.1) is 11.3 Å². The van der Waals surface area contributed by atoms with Gasteiger partial charge in [-0.25, -0.2) is 4.98 Å². The van der Waals surface area contributed by atoms with Crippen molar-refractivity contribution in [2.75, 3.05) is 12.8 Å². The van der Waals surface area contributed by atoms with Gasteiger partial charge >= 0.3 is 0 Å². The summed E-state index contributed by atoms with van der Waals surface area (Å²) in [6.45, 7) is 0. The Bertz CT molecular complexity index is 598. The summed E-state index contributed by atoms with van der Waals surface area (Å²) in [5.74, 6) is 0.802. The van der Waals surface area contributed by atoms with Crippen LogP contribution in [-0.2, 0) is 17.6 Å². The summed E-state index contributed by atoms with van der Waals surface area (Å²) in [5.41, 5.74) is 7.13. The number of carbonyl (C=O) groups excluding carboxylic acids is 1. The number of Topliss-reactive ketones (excluding diaryl/α,β-unsaturated/α-hetero) is 1. The van der Waals surface area contributed by atoms with Gasteiger partial charge in [-0.1, -0.05) is 15.9 Å². The zero-order valence-corrected chi connectivity index (χ0v) is 12.8. The number of methoxy groups -OCH3 is 1. The first-order valence-corrected chi connectivity index (χ1v) is 7.29. The highest BCUT2D eigenvalue weighted by atomic mass is 79.9. The van der Waals surface area contributed by atoms with Gasteiger partial charge in [0.1, 0.15) is 11.5 Å². The van der Waals surface area contributed by atoms with E-state index in [1.165, 1.54) is 11.3 Å². The summed E-state index contributed by atoms with van der Waals surface area (Å²) >= 11 is 4.74. The standard InChI is InChI=1S/C13H13BrN2O2S/c1-18-12-3-2-9(14)4-8(12)5-11(17)6-10-7-19-13(15)16-10/h2-4,7H,5-6H2,1H3,(H2,15,16). The van der Waals surface area contributed by atoms with Crippen molar-refractivity contribution < 1.29 is 9.53 Å². The highest BCUT2D eigenvalue weighted by Crippen LogP contribution is 2.24. The number of carbonyl (C=O) groups is 1. The number of hydrogen-bond acceptors (Lipinski definition) is 5. The van der Waals surface area contributed by atoms with Crippen LogP contribution in [0.4, 0.5) is 5.13 Å². The van der Waals surface area contributed by atoms with Gasteiger partial charge in [-0.3, -0.25) is 4.79 Å². The van der Waals surface area contributed by atoms with Gasteiger partial charge in [0, 0.05) is 28.3 Å². The van der Waals surface area contributed by atoms with E-state index in [2.05, 4.69) is 20.9 Å². The molecule has 0 saturated heterocycles. The Labute approximate surface area is 123 Å². The minimum absolute atomic E-state index is 0.0849. The lowest BCUT2D eigenvalue weighted by molar-refractivity contribution is -0.117. The quantitative estimate of drug-likeness (QED) is 0.908. The molecule has 1 heterocycles. The molecule has 1 aromatic carbocycles. The number of benzene rings is 1. The van der Waals surface area contributed by atoms with Crippen LogP contribution in [0.5, 0.6) is 5.75 Å². The summed E-state index contributed by atoms with van der Waals surface area (Å²) in [5, 5.41) is 2.30. The summed E-state index contributed by atoms with van der Waals surface area (Å²) < 4.78 is 6.17. The molecule has 0 spiro atoms. The smallest absolute Gasteiger partial charge is 0.180 e. The maximum absolute atomic E-state index is 12.0. The molecular formula is C13H13BrN2O2S. The lowest BCUT2D eigenvalue weighted by Gasteiger charge is -2.08. The molecule has 19 heavy (non-hydrogen) atoms. The van der Waals surface area contributed by atoms with E-state index >= 15 is 0 Å². The van der Waals surface area contributed by atoms with Crippen LogP contribution in [-0.4, -0.2) is 17.9 Å². The molecule has 0 aliphatic heterocycles. The maximum Gasteiger partial charge on any atom is 0.180 e. The molecule has 6 heteroatoms. The fourth-order valence-corrected chi connectivity index (χ4v) is 2.74. The number of nitrogen functional groups attached to an aromatic ring is 1. The number of nitrogens with two attached hydrogens (primary N) is 1. The van der Waals surface area contributed by atoms with E-state index in [-0.39, 0.29) is 5.78 Å². The summed E-state index contributed by atoms with van der Waals surface area (Å²) in [6.07, 6.45) is 0.614. The number of anilines is 1. The van der Waals surface area contributed by atoms with Crippen LogP contribution in [0.2, 0.25) is 0 Å². The maximum atomic E-state index is 12.0. The van der Waals surface area contributed by atoms with Crippen LogP contribution < -0.4 is 10.5 Å². The zero-order valence-electron chi connectivity index (χ0n) is 10.4. The lowest BCUT2D eigenvalue weighted by Crippen LogP contribution is -2.08. The largest absolute Gasteiger partial charge is 0.496 e. The number of ether oxygens (including phenoxy) is 1. The van der Waals surface area contributed by atoms with E-state index in [1.54, 1.807) is 7.11 Å². The van der Waals surface area contributed by atoms with E-state index in [4.69, 9.17) is 10.5 Å². The van der Waals surface area contributed by atoms with E-state index in [0.29, 0.717) is 23.7 Å². The molecule has 2 aromatic rings. The van der Waals surface area contributed by atoms with E-state index < -0.39 is 0 Å². The van der Waals surface area contributed by atoms with Gasteiger partial charge in [0.2, 0.25) is 0 Å². The van der Waals surface area contributed by atoms with Crippen LogP contribution in [0, 0.1) is 0 Å². The Morgan fingerprint density at radius 2 is 2.26 bits per heavy atom. The minimum Gasteiger partial charge on any atom is -0.496 e. The second-order valence-electron chi connectivity index (χ2n) is 4.03. The molecule has 1 aromatic heterocycles. The van der Waals surface area contributed by atoms with E-state index in [1.807, 2.05) is 23.6 Å².